The second-order valence-corrected chi connectivity index (χ2v) is 3.52. The molecule has 92 valence electrons. The van der Waals surface area contributed by atoms with Crippen molar-refractivity contribution in [2.24, 2.45) is 5.73 Å². The molecule has 0 aliphatic heterocycles. The van der Waals surface area contributed by atoms with Gasteiger partial charge < -0.3 is 10.6 Å². The van der Waals surface area contributed by atoms with E-state index in [1.54, 1.807) is 0 Å². The predicted molar refractivity (Wildman–Crippen MR) is 67.3 cm³/mol. The molecular weight excluding hydrogens is 212 g/mol. The predicted octanol–water partition coefficient (Wildman–Crippen LogP) is 2.19. The molecule has 3 nitrogen and oxygen atoms in total. The Labute approximate surface area is 99.8 Å². The standard InChI is InChI=1S/C11H24N2O.ClH/c1-3-13(4-2)11(14)9-7-5-6-8-10-12;/h3-10,12H2,1-2H3;1H. The lowest BCUT2D eigenvalue weighted by Gasteiger charge is -2.18. The Morgan fingerprint density at radius 3 is 2.07 bits per heavy atom. The van der Waals surface area contributed by atoms with Crippen molar-refractivity contribution >= 4 is 18.3 Å². The summed E-state index contributed by atoms with van der Waals surface area (Å²) in [4.78, 5) is 13.4. The van der Waals surface area contributed by atoms with Gasteiger partial charge in [0.25, 0.3) is 0 Å². The third-order valence-corrected chi connectivity index (χ3v) is 2.46. The Balaban J connectivity index is 0. The number of hydrogen-bond donors (Lipinski definition) is 1. The summed E-state index contributed by atoms with van der Waals surface area (Å²) >= 11 is 0. The van der Waals surface area contributed by atoms with Crippen LogP contribution in [0.15, 0.2) is 0 Å². The summed E-state index contributed by atoms with van der Waals surface area (Å²) in [7, 11) is 0. The van der Waals surface area contributed by atoms with Crippen LogP contribution in [0.1, 0.15) is 46.0 Å². The molecule has 0 atom stereocenters. The van der Waals surface area contributed by atoms with E-state index in [0.717, 1.165) is 45.3 Å². The van der Waals surface area contributed by atoms with E-state index < -0.39 is 0 Å². The van der Waals surface area contributed by atoms with Crippen LogP contribution in [0.4, 0.5) is 0 Å². The minimum atomic E-state index is 0. The van der Waals surface area contributed by atoms with Crippen LogP contribution in [0.3, 0.4) is 0 Å². The van der Waals surface area contributed by atoms with Crippen LogP contribution in [0.2, 0.25) is 0 Å². The molecule has 0 bridgehead atoms. The number of carbonyl (C=O) groups is 1. The zero-order chi connectivity index (χ0) is 10.8. The number of carbonyl (C=O) groups excluding carboxylic acids is 1. The van der Waals surface area contributed by atoms with Gasteiger partial charge in [-0.2, -0.15) is 0 Å². The quantitative estimate of drug-likeness (QED) is 0.657. The molecule has 0 fully saturated rings. The fraction of sp³-hybridized carbons (Fsp3) is 0.909. The lowest BCUT2D eigenvalue weighted by atomic mass is 10.1. The molecule has 4 heteroatoms. The lowest BCUT2D eigenvalue weighted by molar-refractivity contribution is -0.130. The first kappa shape index (κ1) is 17.1. The van der Waals surface area contributed by atoms with Crippen molar-refractivity contribution in [1.29, 1.82) is 0 Å². The summed E-state index contributed by atoms with van der Waals surface area (Å²) in [6.45, 7) is 6.48. The maximum Gasteiger partial charge on any atom is 0.222 e. The van der Waals surface area contributed by atoms with Crippen LogP contribution in [-0.4, -0.2) is 30.4 Å². The number of amides is 1. The first-order valence-electron chi connectivity index (χ1n) is 5.74. The van der Waals surface area contributed by atoms with Gasteiger partial charge in [-0.25, -0.2) is 0 Å². The minimum Gasteiger partial charge on any atom is -0.343 e. The highest BCUT2D eigenvalue weighted by Crippen LogP contribution is 2.04. The zero-order valence-electron chi connectivity index (χ0n) is 10.00. The van der Waals surface area contributed by atoms with E-state index in [1.165, 1.54) is 0 Å². The Morgan fingerprint density at radius 2 is 1.60 bits per heavy atom. The second kappa shape index (κ2) is 11.8. The molecule has 1 amide bonds. The third kappa shape index (κ3) is 8.70. The van der Waals surface area contributed by atoms with Gasteiger partial charge in [-0.05, 0) is 33.2 Å². The fourth-order valence-electron chi connectivity index (χ4n) is 1.51. The van der Waals surface area contributed by atoms with E-state index >= 15 is 0 Å². The van der Waals surface area contributed by atoms with Gasteiger partial charge in [0.15, 0.2) is 0 Å². The molecule has 0 aliphatic carbocycles. The number of halogens is 1. The highest BCUT2D eigenvalue weighted by Gasteiger charge is 2.07. The Bertz CT molecular complexity index is 150. The molecule has 0 radical (unpaired) electrons. The van der Waals surface area contributed by atoms with Crippen LogP contribution in [-0.2, 0) is 4.79 Å². The molecule has 0 aromatic carbocycles. The van der Waals surface area contributed by atoms with Crippen LogP contribution in [0.25, 0.3) is 0 Å². The number of hydrogen-bond acceptors (Lipinski definition) is 2. The molecule has 0 aromatic rings. The molecule has 0 rings (SSSR count). The van der Waals surface area contributed by atoms with Gasteiger partial charge in [0.1, 0.15) is 0 Å². The van der Waals surface area contributed by atoms with Gasteiger partial charge in [-0.1, -0.05) is 12.8 Å². The van der Waals surface area contributed by atoms with Crippen molar-refractivity contribution in [3.8, 4) is 0 Å². The summed E-state index contributed by atoms with van der Waals surface area (Å²) in [5.41, 5.74) is 5.39. The Morgan fingerprint density at radius 1 is 1.07 bits per heavy atom. The van der Waals surface area contributed by atoms with E-state index in [9.17, 15) is 4.79 Å². The fourth-order valence-corrected chi connectivity index (χ4v) is 1.51. The molecule has 0 spiro atoms. The van der Waals surface area contributed by atoms with Crippen molar-refractivity contribution in [3.63, 3.8) is 0 Å². The Hall–Kier alpha value is -0.280. The van der Waals surface area contributed by atoms with E-state index in [4.69, 9.17) is 5.73 Å². The second-order valence-electron chi connectivity index (χ2n) is 3.52. The first-order chi connectivity index (χ1) is 6.76. The van der Waals surface area contributed by atoms with Gasteiger partial charge in [-0.3, -0.25) is 4.79 Å². The molecule has 0 unspecified atom stereocenters. The normalized spacial score (nSPS) is 9.53. The minimum absolute atomic E-state index is 0. The van der Waals surface area contributed by atoms with E-state index in [1.807, 2.05) is 18.7 Å². The number of nitrogens with zero attached hydrogens (tertiary/aromatic N) is 1. The average molecular weight is 237 g/mol. The maximum absolute atomic E-state index is 11.5. The van der Waals surface area contributed by atoms with Crippen molar-refractivity contribution in [3.05, 3.63) is 0 Å². The van der Waals surface area contributed by atoms with Gasteiger partial charge >= 0.3 is 0 Å². The molecule has 0 aromatic heterocycles. The molecule has 0 saturated heterocycles. The highest BCUT2D eigenvalue weighted by atomic mass is 35.5. The van der Waals surface area contributed by atoms with Crippen LogP contribution in [0.5, 0.6) is 0 Å². The molecule has 0 saturated carbocycles. The van der Waals surface area contributed by atoms with Crippen LogP contribution >= 0.6 is 12.4 Å². The third-order valence-electron chi connectivity index (χ3n) is 2.46. The monoisotopic (exact) mass is 236 g/mol. The van der Waals surface area contributed by atoms with Crippen molar-refractivity contribution < 1.29 is 4.79 Å². The summed E-state index contributed by atoms with van der Waals surface area (Å²) in [5.74, 6) is 0.294. The largest absolute Gasteiger partial charge is 0.343 e. The molecular formula is C11H25ClN2O. The molecule has 0 aliphatic rings. The Kier molecular flexibility index (Phi) is 13.5. The smallest absolute Gasteiger partial charge is 0.222 e. The van der Waals surface area contributed by atoms with Crippen LogP contribution < -0.4 is 5.73 Å². The summed E-state index contributed by atoms with van der Waals surface area (Å²) in [6.07, 6.45) is 5.08. The lowest BCUT2D eigenvalue weighted by Crippen LogP contribution is -2.30. The van der Waals surface area contributed by atoms with Crippen molar-refractivity contribution in [2.45, 2.75) is 46.0 Å². The van der Waals surface area contributed by atoms with E-state index in [2.05, 4.69) is 0 Å². The summed E-state index contributed by atoms with van der Waals surface area (Å²) < 4.78 is 0. The summed E-state index contributed by atoms with van der Waals surface area (Å²) in [5, 5.41) is 0. The average Bonchev–Trinajstić information content (AvgIpc) is 2.19. The van der Waals surface area contributed by atoms with Gasteiger partial charge in [0.05, 0.1) is 0 Å². The van der Waals surface area contributed by atoms with Gasteiger partial charge in [0.2, 0.25) is 5.91 Å². The number of rotatable bonds is 8. The van der Waals surface area contributed by atoms with E-state index in [-0.39, 0.29) is 12.4 Å². The number of unbranched alkanes of at least 4 members (excludes halogenated alkanes) is 3. The SMILES string of the molecule is CCN(CC)C(=O)CCCCCCN.Cl. The van der Waals surface area contributed by atoms with Crippen molar-refractivity contribution in [1.82, 2.24) is 4.90 Å². The van der Waals surface area contributed by atoms with E-state index in [0.29, 0.717) is 12.3 Å². The van der Waals surface area contributed by atoms with Gasteiger partial charge in [-0.15, -0.1) is 12.4 Å². The van der Waals surface area contributed by atoms with Gasteiger partial charge in [0, 0.05) is 19.5 Å². The number of nitrogens with two attached hydrogens (primary N) is 1. The molecule has 0 heterocycles. The maximum atomic E-state index is 11.5. The molecule has 15 heavy (non-hydrogen) atoms. The highest BCUT2D eigenvalue weighted by molar-refractivity contribution is 5.85. The first-order valence-corrected chi connectivity index (χ1v) is 5.74. The zero-order valence-corrected chi connectivity index (χ0v) is 10.8. The van der Waals surface area contributed by atoms with Crippen molar-refractivity contribution in [2.75, 3.05) is 19.6 Å². The topological polar surface area (TPSA) is 46.3 Å². The van der Waals surface area contributed by atoms with Crippen LogP contribution in [0, 0.1) is 0 Å². The molecule has 2 N–H and O–H groups in total. The summed E-state index contributed by atoms with van der Waals surface area (Å²) in [6, 6.07) is 0.